The fourth-order valence-electron chi connectivity index (χ4n) is 8.20. The van der Waals surface area contributed by atoms with Gasteiger partial charge in [0.05, 0.1) is 5.69 Å². The van der Waals surface area contributed by atoms with Crippen molar-refractivity contribution >= 4 is 38.9 Å². The number of aromatic nitrogens is 1. The van der Waals surface area contributed by atoms with E-state index in [9.17, 15) is 0 Å². The lowest BCUT2D eigenvalue weighted by molar-refractivity contribution is 0.620. The molecule has 10 rings (SSSR count). The molecule has 0 aliphatic heterocycles. The van der Waals surface area contributed by atoms with Crippen molar-refractivity contribution in [1.82, 2.24) is 4.98 Å². The predicted molar refractivity (Wildman–Crippen MR) is 220 cm³/mol. The van der Waals surface area contributed by atoms with Crippen molar-refractivity contribution in [3.63, 3.8) is 0 Å². The third-order valence-corrected chi connectivity index (χ3v) is 10.9. The van der Waals surface area contributed by atoms with Gasteiger partial charge in [0.2, 0.25) is 5.89 Å². The van der Waals surface area contributed by atoms with Crippen molar-refractivity contribution in [3.05, 3.63) is 193 Å². The number of para-hydroxylation sites is 1. The Hall–Kier alpha value is -6.71. The standard InChI is InChI=1S/C50H36N2O/c1-50(2)44-19-11-9-18-42(44)43-29-27-39(32-45(43)50)52(46-20-12-10-17-40(46)34-13-5-3-6-14-34)38-25-21-33(22-26-38)36-23-28-41-37(31-36)24-30-47-48(41)51-49(53-47)35-15-7-4-8-16-35/h3-32H,1-2H3. The molecule has 53 heavy (non-hydrogen) atoms. The van der Waals surface area contributed by atoms with E-state index in [1.807, 2.05) is 36.4 Å². The number of rotatable bonds is 6. The van der Waals surface area contributed by atoms with Crippen molar-refractivity contribution in [2.24, 2.45) is 0 Å². The Bertz CT molecular complexity index is 2800. The molecular formula is C50H36N2O. The fourth-order valence-corrected chi connectivity index (χ4v) is 8.20. The molecule has 0 atom stereocenters. The van der Waals surface area contributed by atoms with Gasteiger partial charge in [-0.3, -0.25) is 0 Å². The minimum Gasteiger partial charge on any atom is -0.436 e. The quantitative estimate of drug-likeness (QED) is 0.175. The second kappa shape index (κ2) is 12.2. The number of benzene rings is 8. The smallest absolute Gasteiger partial charge is 0.227 e. The van der Waals surface area contributed by atoms with Crippen molar-refractivity contribution in [2.75, 3.05) is 4.90 Å². The van der Waals surface area contributed by atoms with Crippen LogP contribution in [-0.4, -0.2) is 4.98 Å². The van der Waals surface area contributed by atoms with Gasteiger partial charge in [-0.1, -0.05) is 141 Å². The van der Waals surface area contributed by atoms with Crippen LogP contribution in [0.3, 0.4) is 0 Å². The first-order valence-corrected chi connectivity index (χ1v) is 18.2. The molecule has 0 saturated carbocycles. The highest BCUT2D eigenvalue weighted by Gasteiger charge is 2.35. The van der Waals surface area contributed by atoms with E-state index in [1.54, 1.807) is 0 Å². The van der Waals surface area contributed by atoms with Crippen LogP contribution in [0.2, 0.25) is 0 Å². The molecular weight excluding hydrogens is 645 g/mol. The van der Waals surface area contributed by atoms with Gasteiger partial charge in [-0.15, -0.1) is 0 Å². The lowest BCUT2D eigenvalue weighted by Gasteiger charge is -2.30. The van der Waals surface area contributed by atoms with E-state index in [1.165, 1.54) is 33.4 Å². The van der Waals surface area contributed by atoms with Crippen LogP contribution in [0, 0.1) is 0 Å². The summed E-state index contributed by atoms with van der Waals surface area (Å²) in [5.41, 5.74) is 16.0. The van der Waals surface area contributed by atoms with Crippen LogP contribution in [-0.2, 0) is 5.41 Å². The third-order valence-electron chi connectivity index (χ3n) is 10.9. The van der Waals surface area contributed by atoms with Gasteiger partial charge in [0.25, 0.3) is 0 Å². The van der Waals surface area contributed by atoms with Gasteiger partial charge in [0, 0.05) is 33.3 Å². The van der Waals surface area contributed by atoms with Gasteiger partial charge in [-0.05, 0) is 98.9 Å². The third kappa shape index (κ3) is 5.16. The van der Waals surface area contributed by atoms with Gasteiger partial charge < -0.3 is 9.32 Å². The van der Waals surface area contributed by atoms with Gasteiger partial charge in [0.1, 0.15) is 5.52 Å². The van der Waals surface area contributed by atoms with Crippen LogP contribution >= 0.6 is 0 Å². The Kier molecular flexibility index (Phi) is 7.16. The second-order valence-electron chi connectivity index (χ2n) is 14.4. The molecule has 1 heterocycles. The molecule has 0 bridgehead atoms. The Morgan fingerprint density at radius 1 is 0.472 bits per heavy atom. The highest BCUT2D eigenvalue weighted by Crippen LogP contribution is 2.51. The highest BCUT2D eigenvalue weighted by atomic mass is 16.3. The summed E-state index contributed by atoms with van der Waals surface area (Å²) < 4.78 is 6.16. The van der Waals surface area contributed by atoms with Gasteiger partial charge in [-0.2, -0.15) is 0 Å². The SMILES string of the molecule is CC1(C)c2ccccc2-c2ccc(N(c3ccc(-c4ccc5c(ccc6oc(-c7ccccc7)nc65)c4)cc3)c3ccccc3-c3ccccc3)cc21. The molecule has 0 N–H and O–H groups in total. The minimum absolute atomic E-state index is 0.104. The zero-order chi connectivity index (χ0) is 35.5. The fraction of sp³-hybridized carbons (Fsp3) is 0.0600. The first kappa shape index (κ1) is 31.1. The summed E-state index contributed by atoms with van der Waals surface area (Å²) in [6, 6.07) is 65.1. The van der Waals surface area contributed by atoms with Gasteiger partial charge in [-0.25, -0.2) is 4.98 Å². The van der Waals surface area contributed by atoms with E-state index in [-0.39, 0.29) is 5.41 Å². The topological polar surface area (TPSA) is 29.3 Å². The Balaban J connectivity index is 1.07. The average molecular weight is 681 g/mol. The Morgan fingerprint density at radius 3 is 1.91 bits per heavy atom. The number of anilines is 3. The van der Waals surface area contributed by atoms with E-state index in [0.717, 1.165) is 55.6 Å². The lowest BCUT2D eigenvalue weighted by Crippen LogP contribution is -2.16. The van der Waals surface area contributed by atoms with Crippen LogP contribution < -0.4 is 4.90 Å². The lowest BCUT2D eigenvalue weighted by atomic mass is 9.82. The summed E-state index contributed by atoms with van der Waals surface area (Å²) in [5.74, 6) is 0.641. The first-order chi connectivity index (χ1) is 26.0. The van der Waals surface area contributed by atoms with Crippen molar-refractivity contribution in [1.29, 1.82) is 0 Å². The van der Waals surface area contributed by atoms with Crippen molar-refractivity contribution in [2.45, 2.75) is 19.3 Å². The summed E-state index contributed by atoms with van der Waals surface area (Å²) in [7, 11) is 0. The number of oxazole rings is 1. The number of hydrogen-bond donors (Lipinski definition) is 0. The Labute approximate surface area is 309 Å². The van der Waals surface area contributed by atoms with Crippen LogP contribution in [0.25, 0.3) is 66.7 Å². The zero-order valence-corrected chi connectivity index (χ0v) is 29.6. The molecule has 252 valence electrons. The molecule has 0 unspecified atom stereocenters. The molecule has 1 aliphatic carbocycles. The largest absolute Gasteiger partial charge is 0.436 e. The molecule has 3 heteroatoms. The maximum atomic E-state index is 6.16. The Morgan fingerprint density at radius 2 is 1.11 bits per heavy atom. The normalized spacial score (nSPS) is 12.9. The van der Waals surface area contributed by atoms with E-state index < -0.39 is 0 Å². The van der Waals surface area contributed by atoms with Crippen LogP contribution in [0.4, 0.5) is 17.1 Å². The maximum Gasteiger partial charge on any atom is 0.227 e. The first-order valence-electron chi connectivity index (χ1n) is 18.2. The van der Waals surface area contributed by atoms with Crippen molar-refractivity contribution < 1.29 is 4.42 Å². The van der Waals surface area contributed by atoms with E-state index in [2.05, 4.69) is 164 Å². The molecule has 0 fully saturated rings. The molecule has 0 spiro atoms. The average Bonchev–Trinajstić information content (AvgIpc) is 3.76. The molecule has 9 aromatic rings. The van der Waals surface area contributed by atoms with Crippen molar-refractivity contribution in [3.8, 4) is 44.8 Å². The highest BCUT2D eigenvalue weighted by molar-refractivity contribution is 6.05. The number of fused-ring (bicyclic) bond motifs is 6. The number of nitrogens with zero attached hydrogens (tertiary/aromatic N) is 2. The monoisotopic (exact) mass is 680 g/mol. The molecule has 1 aromatic heterocycles. The summed E-state index contributed by atoms with van der Waals surface area (Å²) >= 11 is 0. The van der Waals surface area contributed by atoms with Gasteiger partial charge >= 0.3 is 0 Å². The molecule has 3 nitrogen and oxygen atoms in total. The zero-order valence-electron chi connectivity index (χ0n) is 29.6. The summed E-state index contributed by atoms with van der Waals surface area (Å²) in [6.07, 6.45) is 0. The van der Waals surface area contributed by atoms with Crippen LogP contribution in [0.1, 0.15) is 25.0 Å². The van der Waals surface area contributed by atoms with Crippen LogP contribution in [0.15, 0.2) is 186 Å². The minimum atomic E-state index is -0.104. The van der Waals surface area contributed by atoms with E-state index in [4.69, 9.17) is 9.40 Å². The predicted octanol–water partition coefficient (Wildman–Crippen LogP) is 13.8. The summed E-state index contributed by atoms with van der Waals surface area (Å²) in [5, 5.41) is 2.21. The molecule has 1 aliphatic rings. The van der Waals surface area contributed by atoms with E-state index >= 15 is 0 Å². The molecule has 0 radical (unpaired) electrons. The second-order valence-corrected chi connectivity index (χ2v) is 14.4. The number of hydrogen-bond acceptors (Lipinski definition) is 3. The van der Waals surface area contributed by atoms with E-state index in [0.29, 0.717) is 5.89 Å². The maximum absolute atomic E-state index is 6.16. The van der Waals surface area contributed by atoms with Crippen LogP contribution in [0.5, 0.6) is 0 Å². The molecule has 8 aromatic carbocycles. The molecule has 0 saturated heterocycles. The summed E-state index contributed by atoms with van der Waals surface area (Å²) in [4.78, 5) is 7.32. The summed E-state index contributed by atoms with van der Waals surface area (Å²) in [6.45, 7) is 4.69. The molecule has 0 amide bonds. The van der Waals surface area contributed by atoms with Gasteiger partial charge in [0.15, 0.2) is 5.58 Å².